The Balaban J connectivity index is 2.22. The number of ketones is 1. The van der Waals surface area contributed by atoms with E-state index in [0.29, 0.717) is 21.3 Å². The highest BCUT2D eigenvalue weighted by molar-refractivity contribution is 7.19. The van der Waals surface area contributed by atoms with Crippen molar-refractivity contribution in [3.05, 3.63) is 10.4 Å². The Morgan fingerprint density at radius 1 is 1.29 bits per heavy atom. The Morgan fingerprint density at radius 2 is 1.86 bits per heavy atom. The van der Waals surface area contributed by atoms with E-state index in [1.54, 1.807) is 0 Å². The Hall–Kier alpha value is -1.56. The number of nitrogens with two attached hydrogens (primary N) is 2. The summed E-state index contributed by atoms with van der Waals surface area (Å²) in [6.07, 6.45) is 4.35. The lowest BCUT2D eigenvalue weighted by atomic mass is 9.75. The van der Waals surface area contributed by atoms with Gasteiger partial charge in [0.25, 0.3) is 5.91 Å². The number of nitrogens with one attached hydrogen (secondary N) is 1. The molecule has 1 heterocycles. The molecule has 1 aromatic heterocycles. The van der Waals surface area contributed by atoms with Gasteiger partial charge in [0, 0.05) is 13.0 Å². The molecule has 1 amide bonds. The lowest BCUT2D eigenvalue weighted by Gasteiger charge is -2.34. The molecule has 1 aliphatic carbocycles. The van der Waals surface area contributed by atoms with Gasteiger partial charge in [-0.2, -0.15) is 0 Å². The molecular weight excluding hydrogens is 286 g/mol. The van der Waals surface area contributed by atoms with Crippen molar-refractivity contribution in [2.45, 2.75) is 52.5 Å². The molecule has 21 heavy (non-hydrogen) atoms. The third kappa shape index (κ3) is 3.37. The van der Waals surface area contributed by atoms with E-state index in [1.807, 2.05) is 0 Å². The van der Waals surface area contributed by atoms with Gasteiger partial charge in [-0.05, 0) is 31.1 Å². The van der Waals surface area contributed by atoms with Crippen LogP contribution in [0.15, 0.2) is 0 Å². The van der Waals surface area contributed by atoms with Gasteiger partial charge in [-0.15, -0.1) is 11.3 Å². The lowest BCUT2D eigenvalue weighted by Crippen LogP contribution is -2.30. The topological polar surface area (TPSA) is 98.2 Å². The molecular formula is C15H23N3O2S. The van der Waals surface area contributed by atoms with Crippen molar-refractivity contribution in [2.75, 3.05) is 11.1 Å². The van der Waals surface area contributed by atoms with Crippen molar-refractivity contribution in [2.24, 2.45) is 11.1 Å². The van der Waals surface area contributed by atoms with Crippen LogP contribution in [0.25, 0.3) is 0 Å². The molecule has 0 radical (unpaired) electrons. The van der Waals surface area contributed by atoms with Gasteiger partial charge >= 0.3 is 0 Å². The average molecular weight is 309 g/mol. The molecule has 0 spiro atoms. The van der Waals surface area contributed by atoms with E-state index in [4.69, 9.17) is 11.5 Å². The van der Waals surface area contributed by atoms with Crippen LogP contribution in [-0.2, 0) is 0 Å². The van der Waals surface area contributed by atoms with Crippen LogP contribution in [0.3, 0.4) is 0 Å². The van der Waals surface area contributed by atoms with Crippen LogP contribution >= 0.6 is 11.3 Å². The molecule has 0 atom stereocenters. The van der Waals surface area contributed by atoms with Crippen LogP contribution in [0.5, 0.6) is 0 Å². The smallest absolute Gasteiger partial charge is 0.253 e. The SMILES string of the molecule is CC(=O)c1sc(NC2CCC(C)(C)CC2)c(C(N)=O)c1N. The van der Waals surface area contributed by atoms with Crippen molar-refractivity contribution < 1.29 is 9.59 Å². The Kier molecular flexibility index (Phi) is 4.27. The van der Waals surface area contributed by atoms with Gasteiger partial charge in [0.05, 0.1) is 16.1 Å². The van der Waals surface area contributed by atoms with Gasteiger partial charge < -0.3 is 16.8 Å². The third-order valence-electron chi connectivity index (χ3n) is 4.19. The fraction of sp³-hybridized carbons (Fsp3) is 0.600. The maximum absolute atomic E-state index is 11.6. The second-order valence-corrected chi connectivity index (χ2v) is 7.57. The van der Waals surface area contributed by atoms with Crippen LogP contribution in [-0.4, -0.2) is 17.7 Å². The predicted octanol–water partition coefficient (Wildman–Crippen LogP) is 3.01. The van der Waals surface area contributed by atoms with Crippen molar-refractivity contribution in [1.29, 1.82) is 0 Å². The molecule has 0 aromatic carbocycles. The van der Waals surface area contributed by atoms with E-state index in [-0.39, 0.29) is 17.0 Å². The summed E-state index contributed by atoms with van der Waals surface area (Å²) in [7, 11) is 0. The van der Waals surface area contributed by atoms with Crippen molar-refractivity contribution >= 4 is 33.7 Å². The molecule has 5 nitrogen and oxygen atoms in total. The molecule has 1 fully saturated rings. The van der Waals surface area contributed by atoms with Gasteiger partial charge in [0.2, 0.25) is 0 Å². The molecule has 0 bridgehead atoms. The monoisotopic (exact) mass is 309 g/mol. The molecule has 1 aliphatic rings. The van der Waals surface area contributed by atoms with E-state index >= 15 is 0 Å². The minimum Gasteiger partial charge on any atom is -0.397 e. The van der Waals surface area contributed by atoms with Gasteiger partial charge in [-0.1, -0.05) is 13.8 Å². The Labute approximate surface area is 129 Å². The molecule has 1 aromatic rings. The normalized spacial score (nSPS) is 18.4. The molecule has 0 unspecified atom stereocenters. The number of primary amides is 1. The molecule has 0 aliphatic heterocycles. The third-order valence-corrected chi connectivity index (χ3v) is 5.42. The van der Waals surface area contributed by atoms with Gasteiger partial charge in [0.1, 0.15) is 5.00 Å². The number of Topliss-reactive ketones (excluding diaryl/α,β-unsaturated/α-hetero) is 1. The van der Waals surface area contributed by atoms with E-state index in [9.17, 15) is 9.59 Å². The van der Waals surface area contributed by atoms with E-state index < -0.39 is 5.91 Å². The first-order valence-corrected chi connectivity index (χ1v) is 8.02. The van der Waals surface area contributed by atoms with Crippen LogP contribution in [0.1, 0.15) is 66.5 Å². The number of rotatable bonds is 4. The first-order valence-electron chi connectivity index (χ1n) is 7.21. The molecule has 116 valence electrons. The number of hydrogen-bond donors (Lipinski definition) is 3. The number of carbonyl (C=O) groups is 2. The van der Waals surface area contributed by atoms with Crippen molar-refractivity contribution in [3.63, 3.8) is 0 Å². The highest BCUT2D eigenvalue weighted by Gasteiger charge is 2.29. The second-order valence-electron chi connectivity index (χ2n) is 6.55. The van der Waals surface area contributed by atoms with E-state index in [1.165, 1.54) is 18.3 Å². The fourth-order valence-electron chi connectivity index (χ4n) is 2.78. The minimum atomic E-state index is -0.588. The number of amides is 1. The number of hydrogen-bond acceptors (Lipinski definition) is 5. The molecule has 0 saturated heterocycles. The standard InChI is InChI=1S/C15H23N3O2S/c1-8(19)12-11(16)10(13(17)20)14(21-12)18-9-4-6-15(2,3)7-5-9/h9,18H,4-7,16H2,1-3H3,(H2,17,20). The number of carbonyl (C=O) groups excluding carboxylic acids is 2. The van der Waals surface area contributed by atoms with Crippen LogP contribution in [0, 0.1) is 5.41 Å². The maximum atomic E-state index is 11.6. The zero-order chi connectivity index (χ0) is 15.8. The highest BCUT2D eigenvalue weighted by Crippen LogP contribution is 2.40. The minimum absolute atomic E-state index is 0.141. The average Bonchev–Trinajstić information content (AvgIpc) is 2.69. The first kappa shape index (κ1) is 15.8. The first-order chi connectivity index (χ1) is 9.71. The summed E-state index contributed by atoms with van der Waals surface area (Å²) in [5.41, 5.74) is 12.2. The van der Waals surface area contributed by atoms with Gasteiger partial charge in [-0.3, -0.25) is 9.59 Å². The lowest BCUT2D eigenvalue weighted by molar-refractivity contribution is 0.100. The van der Waals surface area contributed by atoms with E-state index in [0.717, 1.165) is 25.7 Å². The Morgan fingerprint density at radius 3 is 2.33 bits per heavy atom. The second kappa shape index (κ2) is 5.67. The predicted molar refractivity (Wildman–Crippen MR) is 86.9 cm³/mol. The zero-order valence-corrected chi connectivity index (χ0v) is 13.6. The van der Waals surface area contributed by atoms with Gasteiger partial charge in [0.15, 0.2) is 5.78 Å². The molecule has 5 N–H and O–H groups in total. The van der Waals surface area contributed by atoms with Gasteiger partial charge in [-0.25, -0.2) is 0 Å². The summed E-state index contributed by atoms with van der Waals surface area (Å²) in [6.45, 7) is 5.99. The fourth-order valence-corrected chi connectivity index (χ4v) is 3.88. The Bertz CT molecular complexity index is 568. The zero-order valence-electron chi connectivity index (χ0n) is 12.8. The van der Waals surface area contributed by atoms with E-state index in [2.05, 4.69) is 19.2 Å². The molecule has 6 heteroatoms. The largest absolute Gasteiger partial charge is 0.397 e. The number of anilines is 2. The highest BCUT2D eigenvalue weighted by atomic mass is 32.1. The van der Waals surface area contributed by atoms with Crippen LogP contribution in [0.4, 0.5) is 10.7 Å². The number of thiophene rings is 1. The number of nitrogen functional groups attached to an aromatic ring is 1. The quantitative estimate of drug-likeness (QED) is 0.744. The maximum Gasteiger partial charge on any atom is 0.253 e. The summed E-state index contributed by atoms with van der Waals surface area (Å²) in [5.74, 6) is -0.729. The van der Waals surface area contributed by atoms with Crippen molar-refractivity contribution in [1.82, 2.24) is 0 Å². The molecule has 2 rings (SSSR count). The summed E-state index contributed by atoms with van der Waals surface area (Å²) in [6, 6.07) is 0.300. The van der Waals surface area contributed by atoms with Crippen molar-refractivity contribution in [3.8, 4) is 0 Å². The summed E-state index contributed by atoms with van der Waals surface area (Å²) >= 11 is 1.23. The summed E-state index contributed by atoms with van der Waals surface area (Å²) in [4.78, 5) is 23.6. The van der Waals surface area contributed by atoms with Crippen LogP contribution in [0.2, 0.25) is 0 Å². The summed E-state index contributed by atoms with van der Waals surface area (Å²) in [5, 5.41) is 4.00. The van der Waals surface area contributed by atoms with Crippen LogP contribution < -0.4 is 16.8 Å². The molecule has 1 saturated carbocycles. The summed E-state index contributed by atoms with van der Waals surface area (Å²) < 4.78 is 0.